The van der Waals surface area contributed by atoms with E-state index in [4.69, 9.17) is 5.73 Å². The number of nitrogens with one attached hydrogen (secondary N) is 1. The highest BCUT2D eigenvalue weighted by Gasteiger charge is 2.04. The van der Waals surface area contributed by atoms with E-state index in [0.29, 0.717) is 5.92 Å². The minimum atomic E-state index is 0.451. The summed E-state index contributed by atoms with van der Waals surface area (Å²) in [5, 5.41) is 3.04. The Balaban J connectivity index is 3.03. The number of nitrogen functional groups attached to an aromatic ring is 1. The Morgan fingerprint density at radius 2 is 2.15 bits per heavy atom. The van der Waals surface area contributed by atoms with Crippen LogP contribution in [-0.2, 0) is 0 Å². The van der Waals surface area contributed by atoms with Crippen molar-refractivity contribution in [2.24, 2.45) is 0 Å². The van der Waals surface area contributed by atoms with Crippen molar-refractivity contribution in [1.29, 1.82) is 0 Å². The molecule has 1 aromatic carbocycles. The molecule has 2 heteroatoms. The summed E-state index contributed by atoms with van der Waals surface area (Å²) >= 11 is 0. The summed E-state index contributed by atoms with van der Waals surface area (Å²) in [6.07, 6.45) is 1.66. The number of benzene rings is 1. The van der Waals surface area contributed by atoms with Crippen LogP contribution in [0.4, 0.5) is 11.4 Å². The monoisotopic (exact) mass is 176 g/mol. The summed E-state index contributed by atoms with van der Waals surface area (Å²) in [4.78, 5) is 0. The minimum Gasteiger partial charge on any atom is -0.398 e. The van der Waals surface area contributed by atoms with Gasteiger partial charge in [-0.3, -0.25) is 0 Å². The Morgan fingerprint density at radius 3 is 2.69 bits per heavy atom. The number of hydrogen-bond donors (Lipinski definition) is 2. The van der Waals surface area contributed by atoms with Crippen LogP contribution in [0, 0.1) is 0 Å². The predicted octanol–water partition coefficient (Wildman–Crippen LogP) is 2.95. The van der Waals surface area contributed by atoms with E-state index in [-0.39, 0.29) is 0 Å². The van der Waals surface area contributed by atoms with Crippen molar-refractivity contribution in [2.45, 2.75) is 19.8 Å². The molecule has 0 aliphatic carbocycles. The van der Waals surface area contributed by atoms with Crippen LogP contribution in [0.3, 0.4) is 0 Å². The van der Waals surface area contributed by atoms with E-state index in [1.165, 1.54) is 5.56 Å². The lowest BCUT2D eigenvalue weighted by atomic mass is 10.0. The molecule has 0 unspecified atom stereocenters. The van der Waals surface area contributed by atoms with E-state index in [2.05, 4.69) is 31.8 Å². The molecule has 0 saturated heterocycles. The van der Waals surface area contributed by atoms with Gasteiger partial charge >= 0.3 is 0 Å². The lowest BCUT2D eigenvalue weighted by molar-refractivity contribution is 0.870. The zero-order valence-corrected chi connectivity index (χ0v) is 8.17. The van der Waals surface area contributed by atoms with Crippen molar-refractivity contribution in [3.8, 4) is 0 Å². The van der Waals surface area contributed by atoms with Gasteiger partial charge in [-0.25, -0.2) is 0 Å². The molecule has 70 valence electrons. The first-order chi connectivity index (χ1) is 6.15. The first-order valence-corrected chi connectivity index (χ1v) is 4.42. The van der Waals surface area contributed by atoms with Crippen LogP contribution in [-0.4, -0.2) is 0 Å². The summed E-state index contributed by atoms with van der Waals surface area (Å²) in [6, 6.07) is 5.92. The summed E-state index contributed by atoms with van der Waals surface area (Å²) in [6.45, 7) is 7.87. The maximum Gasteiger partial charge on any atom is 0.0383 e. The third-order valence-corrected chi connectivity index (χ3v) is 1.98. The highest BCUT2D eigenvalue weighted by Crippen LogP contribution is 2.24. The minimum absolute atomic E-state index is 0.451. The predicted molar refractivity (Wildman–Crippen MR) is 58.8 cm³/mol. The van der Waals surface area contributed by atoms with Gasteiger partial charge in [0.15, 0.2) is 0 Å². The fourth-order valence-electron chi connectivity index (χ4n) is 1.28. The molecule has 0 spiro atoms. The highest BCUT2D eigenvalue weighted by atomic mass is 14.8. The first-order valence-electron chi connectivity index (χ1n) is 4.42. The number of nitrogens with two attached hydrogens (primary N) is 1. The molecule has 0 bridgehead atoms. The third-order valence-electron chi connectivity index (χ3n) is 1.98. The Hall–Kier alpha value is -1.44. The molecule has 3 N–H and O–H groups in total. The van der Waals surface area contributed by atoms with Crippen LogP contribution in [0.1, 0.15) is 25.3 Å². The normalized spacial score (nSPS) is 10.1. The van der Waals surface area contributed by atoms with E-state index < -0.39 is 0 Å². The first kappa shape index (κ1) is 9.65. The molecule has 0 radical (unpaired) electrons. The van der Waals surface area contributed by atoms with E-state index >= 15 is 0 Å². The quantitative estimate of drug-likeness (QED) is 0.695. The van der Waals surface area contributed by atoms with Crippen molar-refractivity contribution < 1.29 is 0 Å². The molecule has 0 amide bonds. The standard InChI is InChI=1S/C11H16N2/c1-4-13-9-5-6-11(12)10(7-9)8(2)3/h4-8,13H,1,12H2,2-3H3. The lowest BCUT2D eigenvalue weighted by Crippen LogP contribution is -1.97. The van der Waals surface area contributed by atoms with Crippen LogP contribution < -0.4 is 11.1 Å². The zero-order chi connectivity index (χ0) is 9.84. The van der Waals surface area contributed by atoms with Gasteiger partial charge in [0, 0.05) is 11.4 Å². The molecule has 0 heterocycles. The van der Waals surface area contributed by atoms with E-state index in [1.807, 2.05) is 12.1 Å². The van der Waals surface area contributed by atoms with E-state index in [0.717, 1.165) is 11.4 Å². The molecule has 0 aromatic heterocycles. The summed E-state index contributed by atoms with van der Waals surface area (Å²) in [7, 11) is 0. The average Bonchev–Trinajstić information content (AvgIpc) is 2.08. The van der Waals surface area contributed by atoms with Crippen LogP contribution in [0.2, 0.25) is 0 Å². The molecule has 13 heavy (non-hydrogen) atoms. The molecule has 0 aliphatic heterocycles. The van der Waals surface area contributed by atoms with E-state index in [1.54, 1.807) is 6.20 Å². The molecule has 0 aliphatic rings. The number of anilines is 2. The zero-order valence-electron chi connectivity index (χ0n) is 8.17. The molecular weight excluding hydrogens is 160 g/mol. The molecule has 0 fully saturated rings. The van der Waals surface area contributed by atoms with Crippen LogP contribution in [0.15, 0.2) is 31.0 Å². The second kappa shape index (κ2) is 3.99. The average molecular weight is 176 g/mol. The molecule has 0 saturated carbocycles. The molecule has 1 rings (SSSR count). The Kier molecular flexibility index (Phi) is 2.96. The second-order valence-electron chi connectivity index (χ2n) is 3.35. The molecular formula is C11H16N2. The lowest BCUT2D eigenvalue weighted by Gasteiger charge is -2.11. The SMILES string of the molecule is C=CNc1ccc(N)c(C(C)C)c1. The van der Waals surface area contributed by atoms with Crippen molar-refractivity contribution in [1.82, 2.24) is 0 Å². The van der Waals surface area contributed by atoms with Gasteiger partial charge in [-0.15, -0.1) is 0 Å². The van der Waals surface area contributed by atoms with Gasteiger partial charge in [0.25, 0.3) is 0 Å². The van der Waals surface area contributed by atoms with Gasteiger partial charge in [0.1, 0.15) is 0 Å². The van der Waals surface area contributed by atoms with Gasteiger partial charge in [-0.1, -0.05) is 20.4 Å². The molecule has 1 aromatic rings. The van der Waals surface area contributed by atoms with Gasteiger partial charge in [0.05, 0.1) is 0 Å². The maximum absolute atomic E-state index is 5.83. The Morgan fingerprint density at radius 1 is 1.46 bits per heavy atom. The van der Waals surface area contributed by atoms with Gasteiger partial charge in [-0.05, 0) is 35.9 Å². The van der Waals surface area contributed by atoms with Gasteiger partial charge < -0.3 is 11.1 Å². The van der Waals surface area contributed by atoms with Crippen molar-refractivity contribution in [2.75, 3.05) is 11.1 Å². The molecule has 0 atom stereocenters. The largest absolute Gasteiger partial charge is 0.398 e. The summed E-state index contributed by atoms with van der Waals surface area (Å²) in [5.41, 5.74) is 8.89. The maximum atomic E-state index is 5.83. The van der Waals surface area contributed by atoms with Gasteiger partial charge in [0.2, 0.25) is 0 Å². The Bertz CT molecular complexity index is 303. The summed E-state index contributed by atoms with van der Waals surface area (Å²) < 4.78 is 0. The fraction of sp³-hybridized carbons (Fsp3) is 0.273. The van der Waals surface area contributed by atoms with Crippen molar-refractivity contribution in [3.05, 3.63) is 36.5 Å². The smallest absolute Gasteiger partial charge is 0.0383 e. The van der Waals surface area contributed by atoms with Crippen LogP contribution >= 0.6 is 0 Å². The van der Waals surface area contributed by atoms with Crippen LogP contribution in [0.25, 0.3) is 0 Å². The van der Waals surface area contributed by atoms with Crippen LogP contribution in [0.5, 0.6) is 0 Å². The highest BCUT2D eigenvalue weighted by molar-refractivity contribution is 5.59. The Labute approximate surface area is 79.5 Å². The van der Waals surface area contributed by atoms with E-state index in [9.17, 15) is 0 Å². The number of rotatable bonds is 3. The second-order valence-corrected chi connectivity index (χ2v) is 3.35. The third kappa shape index (κ3) is 2.25. The van der Waals surface area contributed by atoms with Crippen molar-refractivity contribution in [3.63, 3.8) is 0 Å². The summed E-state index contributed by atoms with van der Waals surface area (Å²) in [5.74, 6) is 0.451. The fourth-order valence-corrected chi connectivity index (χ4v) is 1.28. The van der Waals surface area contributed by atoms with Crippen molar-refractivity contribution >= 4 is 11.4 Å². The topological polar surface area (TPSA) is 38.0 Å². The van der Waals surface area contributed by atoms with Gasteiger partial charge in [-0.2, -0.15) is 0 Å². The molecule has 2 nitrogen and oxygen atoms in total. The number of hydrogen-bond acceptors (Lipinski definition) is 2.